The summed E-state index contributed by atoms with van der Waals surface area (Å²) < 4.78 is 0. The topological polar surface area (TPSA) is 37.3 Å². The van der Waals surface area contributed by atoms with E-state index < -0.39 is 5.97 Å². The van der Waals surface area contributed by atoms with Crippen molar-refractivity contribution in [2.24, 2.45) is 0 Å². The Hall–Kier alpha value is -2.87. The van der Waals surface area contributed by atoms with E-state index in [1.165, 1.54) is 5.56 Å². The Kier molecular flexibility index (Phi) is 3.75. The monoisotopic (exact) mass is 288 g/mol. The molecule has 0 aromatic heterocycles. The lowest BCUT2D eigenvalue weighted by molar-refractivity contribution is 0.0697. The number of aromatic carboxylic acids is 1. The second kappa shape index (κ2) is 5.86. The highest BCUT2D eigenvalue weighted by Crippen LogP contribution is 2.27. The third-order valence-electron chi connectivity index (χ3n) is 3.79. The van der Waals surface area contributed by atoms with Gasteiger partial charge in [-0.3, -0.25) is 0 Å². The molecule has 0 atom stereocenters. The number of hydrogen-bond acceptors (Lipinski definition) is 1. The zero-order valence-electron chi connectivity index (χ0n) is 12.3. The average molecular weight is 288 g/mol. The van der Waals surface area contributed by atoms with Crippen LogP contribution in [0.25, 0.3) is 22.3 Å². The van der Waals surface area contributed by atoms with Crippen molar-refractivity contribution in [3.8, 4) is 22.3 Å². The van der Waals surface area contributed by atoms with Crippen molar-refractivity contribution >= 4 is 5.97 Å². The van der Waals surface area contributed by atoms with Crippen LogP contribution in [0.4, 0.5) is 0 Å². The van der Waals surface area contributed by atoms with E-state index in [2.05, 4.69) is 24.3 Å². The van der Waals surface area contributed by atoms with Crippen LogP contribution in [0.15, 0.2) is 72.8 Å². The van der Waals surface area contributed by atoms with Crippen molar-refractivity contribution in [3.05, 3.63) is 83.9 Å². The summed E-state index contributed by atoms with van der Waals surface area (Å²) in [5.41, 5.74) is 5.69. The van der Waals surface area contributed by atoms with Gasteiger partial charge in [-0.25, -0.2) is 4.79 Å². The predicted molar refractivity (Wildman–Crippen MR) is 89.0 cm³/mol. The molecular weight excluding hydrogens is 272 g/mol. The minimum atomic E-state index is -0.901. The zero-order chi connectivity index (χ0) is 15.5. The van der Waals surface area contributed by atoms with Gasteiger partial charge in [0.15, 0.2) is 0 Å². The Bertz CT molecular complexity index is 803. The predicted octanol–water partition coefficient (Wildman–Crippen LogP) is 5.03. The van der Waals surface area contributed by atoms with Gasteiger partial charge in [-0.05, 0) is 46.9 Å². The normalized spacial score (nSPS) is 10.4. The van der Waals surface area contributed by atoms with Gasteiger partial charge in [-0.1, -0.05) is 60.7 Å². The molecule has 0 aliphatic rings. The van der Waals surface area contributed by atoms with Crippen LogP contribution in [0, 0.1) is 6.92 Å². The fourth-order valence-electron chi connectivity index (χ4n) is 2.54. The van der Waals surface area contributed by atoms with Crippen molar-refractivity contribution in [3.63, 3.8) is 0 Å². The molecule has 3 aromatic rings. The first-order valence-corrected chi connectivity index (χ1v) is 7.15. The molecule has 0 heterocycles. The fraction of sp³-hybridized carbons (Fsp3) is 0.0500. The quantitative estimate of drug-likeness (QED) is 0.734. The Morgan fingerprint density at radius 3 is 2.00 bits per heavy atom. The summed E-state index contributed by atoms with van der Waals surface area (Å²) in [5, 5.41) is 9.14. The number of aryl methyl sites for hydroxylation is 1. The third-order valence-corrected chi connectivity index (χ3v) is 3.79. The van der Waals surface area contributed by atoms with Crippen LogP contribution in [0.5, 0.6) is 0 Å². The highest BCUT2D eigenvalue weighted by atomic mass is 16.4. The van der Waals surface area contributed by atoms with Gasteiger partial charge in [0.05, 0.1) is 5.56 Å². The van der Waals surface area contributed by atoms with Crippen LogP contribution in [-0.4, -0.2) is 11.1 Å². The van der Waals surface area contributed by atoms with Gasteiger partial charge >= 0.3 is 5.97 Å². The first kappa shape index (κ1) is 14.1. The number of carboxylic acids is 1. The van der Waals surface area contributed by atoms with Crippen LogP contribution < -0.4 is 0 Å². The fourth-order valence-corrected chi connectivity index (χ4v) is 2.54. The second-order valence-corrected chi connectivity index (χ2v) is 5.28. The number of rotatable bonds is 3. The molecule has 1 N–H and O–H groups in total. The molecule has 0 bridgehead atoms. The molecule has 3 aromatic carbocycles. The van der Waals surface area contributed by atoms with Gasteiger partial charge < -0.3 is 5.11 Å². The van der Waals surface area contributed by atoms with Crippen molar-refractivity contribution in [1.82, 2.24) is 0 Å². The van der Waals surface area contributed by atoms with Crippen molar-refractivity contribution < 1.29 is 9.90 Å². The van der Waals surface area contributed by atoms with Crippen LogP contribution in [0.1, 0.15) is 15.9 Å². The lowest BCUT2D eigenvalue weighted by atomic mass is 9.96. The molecule has 0 aliphatic heterocycles. The molecule has 0 fully saturated rings. The second-order valence-electron chi connectivity index (χ2n) is 5.28. The highest BCUT2D eigenvalue weighted by Gasteiger charge is 2.08. The molecule has 0 unspecified atom stereocenters. The molecule has 0 saturated heterocycles. The molecule has 3 rings (SSSR count). The molecule has 2 nitrogen and oxygen atoms in total. The molecule has 0 radical (unpaired) electrons. The van der Waals surface area contributed by atoms with E-state index in [9.17, 15) is 4.79 Å². The summed E-state index contributed by atoms with van der Waals surface area (Å²) in [6.07, 6.45) is 0. The Labute approximate surface area is 129 Å². The Morgan fingerprint density at radius 2 is 1.36 bits per heavy atom. The van der Waals surface area contributed by atoms with Crippen LogP contribution in [0.2, 0.25) is 0 Å². The van der Waals surface area contributed by atoms with Gasteiger partial charge in [0.1, 0.15) is 0 Å². The smallest absolute Gasteiger partial charge is 0.335 e. The van der Waals surface area contributed by atoms with E-state index in [1.807, 2.05) is 43.3 Å². The number of carbonyl (C=O) groups is 1. The third kappa shape index (κ3) is 2.77. The van der Waals surface area contributed by atoms with Crippen molar-refractivity contribution in [1.29, 1.82) is 0 Å². The van der Waals surface area contributed by atoms with Crippen LogP contribution in [-0.2, 0) is 0 Å². The SMILES string of the molecule is Cc1ccc(C(=O)O)cc1-c1ccc(-c2ccccc2)cc1. The molecule has 22 heavy (non-hydrogen) atoms. The van der Waals surface area contributed by atoms with E-state index in [4.69, 9.17) is 5.11 Å². The number of carboxylic acid groups (broad SMARTS) is 1. The van der Waals surface area contributed by atoms with Crippen molar-refractivity contribution in [2.45, 2.75) is 6.92 Å². The summed E-state index contributed by atoms with van der Waals surface area (Å²) in [6, 6.07) is 23.6. The van der Waals surface area contributed by atoms with Gasteiger partial charge in [-0.2, -0.15) is 0 Å². The molecule has 0 saturated carbocycles. The molecule has 2 heteroatoms. The van der Waals surface area contributed by atoms with Crippen LogP contribution in [0.3, 0.4) is 0 Å². The van der Waals surface area contributed by atoms with Gasteiger partial charge in [0.2, 0.25) is 0 Å². The maximum Gasteiger partial charge on any atom is 0.335 e. The Balaban J connectivity index is 2.00. The first-order chi connectivity index (χ1) is 10.6. The maximum atomic E-state index is 11.1. The highest BCUT2D eigenvalue weighted by molar-refractivity contribution is 5.90. The van der Waals surface area contributed by atoms with E-state index in [1.54, 1.807) is 12.1 Å². The van der Waals surface area contributed by atoms with Crippen LogP contribution >= 0.6 is 0 Å². The maximum absolute atomic E-state index is 11.1. The van der Waals surface area contributed by atoms with E-state index >= 15 is 0 Å². The van der Waals surface area contributed by atoms with Crippen molar-refractivity contribution in [2.75, 3.05) is 0 Å². The summed E-state index contributed by atoms with van der Waals surface area (Å²) in [4.78, 5) is 11.1. The summed E-state index contributed by atoms with van der Waals surface area (Å²) in [5.74, 6) is -0.901. The molecule has 0 aliphatic carbocycles. The largest absolute Gasteiger partial charge is 0.478 e. The minimum absolute atomic E-state index is 0.313. The number of benzene rings is 3. The lowest BCUT2D eigenvalue weighted by Crippen LogP contribution is -1.97. The molecule has 0 amide bonds. The first-order valence-electron chi connectivity index (χ1n) is 7.15. The van der Waals surface area contributed by atoms with E-state index in [0.29, 0.717) is 5.56 Å². The van der Waals surface area contributed by atoms with Gasteiger partial charge in [0, 0.05) is 0 Å². The summed E-state index contributed by atoms with van der Waals surface area (Å²) in [7, 11) is 0. The standard InChI is InChI=1S/C20H16O2/c1-14-7-8-18(20(21)22)13-19(14)17-11-9-16(10-12-17)15-5-3-2-4-6-15/h2-13H,1H3,(H,21,22). The number of hydrogen-bond donors (Lipinski definition) is 1. The van der Waals surface area contributed by atoms with Gasteiger partial charge in [0.25, 0.3) is 0 Å². The zero-order valence-corrected chi connectivity index (χ0v) is 12.3. The Morgan fingerprint density at radius 1 is 0.773 bits per heavy atom. The molecular formula is C20H16O2. The van der Waals surface area contributed by atoms with E-state index in [-0.39, 0.29) is 0 Å². The molecule has 108 valence electrons. The average Bonchev–Trinajstić information content (AvgIpc) is 2.56. The molecule has 0 spiro atoms. The van der Waals surface area contributed by atoms with Gasteiger partial charge in [-0.15, -0.1) is 0 Å². The lowest BCUT2D eigenvalue weighted by Gasteiger charge is -2.09. The summed E-state index contributed by atoms with van der Waals surface area (Å²) >= 11 is 0. The van der Waals surface area contributed by atoms with E-state index in [0.717, 1.165) is 22.3 Å². The summed E-state index contributed by atoms with van der Waals surface area (Å²) in [6.45, 7) is 1.99. The minimum Gasteiger partial charge on any atom is -0.478 e.